The van der Waals surface area contributed by atoms with Gasteiger partial charge in [0, 0.05) is 42.0 Å². The van der Waals surface area contributed by atoms with Crippen molar-refractivity contribution in [1.29, 1.82) is 0 Å². The smallest absolute Gasteiger partial charge is 0.395 e. The van der Waals surface area contributed by atoms with Crippen LogP contribution in [0.2, 0.25) is 10.2 Å². The van der Waals surface area contributed by atoms with Crippen LogP contribution in [-0.2, 0) is 13.5 Å². The van der Waals surface area contributed by atoms with Gasteiger partial charge in [-0.1, -0.05) is 28.8 Å². The molecule has 2 heterocycles. The van der Waals surface area contributed by atoms with E-state index in [0.29, 0.717) is 21.7 Å². The van der Waals surface area contributed by atoms with E-state index in [0.717, 1.165) is 11.8 Å². The van der Waals surface area contributed by atoms with Crippen molar-refractivity contribution >= 4 is 40.8 Å². The first-order chi connectivity index (χ1) is 12.5. The molecule has 1 N–H and O–H groups in total. The number of carboxylic acid groups (broad SMARTS) is 1. The van der Waals surface area contributed by atoms with E-state index in [1.165, 1.54) is 6.08 Å². The van der Waals surface area contributed by atoms with Crippen LogP contribution < -0.4 is 10.6 Å². The van der Waals surface area contributed by atoms with Crippen molar-refractivity contribution in [3.05, 3.63) is 49.8 Å². The molecular formula is C18H15Cl2F3N2O2. The SMILES string of the molecule is CC1=c2c(Cc3c(Cl)ncc(C(=O)O)c3Cl)cn(C)c2=CC(C(F)(F)F)C1. The molecule has 1 unspecified atom stereocenters. The first-order valence-corrected chi connectivity index (χ1v) is 8.75. The lowest BCUT2D eigenvalue weighted by atomic mass is 9.91. The van der Waals surface area contributed by atoms with Gasteiger partial charge in [-0.2, -0.15) is 13.2 Å². The van der Waals surface area contributed by atoms with Gasteiger partial charge in [0.15, 0.2) is 0 Å². The molecule has 0 aromatic carbocycles. The monoisotopic (exact) mass is 418 g/mol. The zero-order valence-corrected chi connectivity index (χ0v) is 15.9. The summed E-state index contributed by atoms with van der Waals surface area (Å²) in [6.07, 6.45) is -0.254. The van der Waals surface area contributed by atoms with Crippen LogP contribution >= 0.6 is 23.2 Å². The number of carbonyl (C=O) groups is 1. The van der Waals surface area contributed by atoms with Gasteiger partial charge in [0.1, 0.15) is 5.15 Å². The lowest BCUT2D eigenvalue weighted by molar-refractivity contribution is -0.155. The van der Waals surface area contributed by atoms with Crippen LogP contribution in [0.15, 0.2) is 12.4 Å². The third kappa shape index (κ3) is 3.58. The molecule has 144 valence electrons. The number of aryl methyl sites for hydroxylation is 1. The summed E-state index contributed by atoms with van der Waals surface area (Å²) in [4.78, 5) is 15.1. The molecule has 2 aromatic rings. The number of carboxylic acids is 1. The maximum absolute atomic E-state index is 13.2. The number of rotatable bonds is 3. The van der Waals surface area contributed by atoms with Gasteiger partial charge >= 0.3 is 12.1 Å². The summed E-state index contributed by atoms with van der Waals surface area (Å²) in [6, 6.07) is 0. The normalized spacial score (nSPS) is 16.9. The summed E-state index contributed by atoms with van der Waals surface area (Å²) in [5.41, 5.74) is 1.48. The Morgan fingerprint density at radius 2 is 2.07 bits per heavy atom. The first kappa shape index (κ1) is 19.8. The topological polar surface area (TPSA) is 55.1 Å². The summed E-state index contributed by atoms with van der Waals surface area (Å²) in [5.74, 6) is -2.76. The number of pyridine rings is 1. The first-order valence-electron chi connectivity index (χ1n) is 7.99. The molecule has 1 aliphatic carbocycles. The molecule has 0 bridgehead atoms. The van der Waals surface area contributed by atoms with E-state index in [1.807, 2.05) is 0 Å². The highest BCUT2D eigenvalue weighted by atomic mass is 35.5. The van der Waals surface area contributed by atoms with Gasteiger partial charge < -0.3 is 9.67 Å². The molecule has 0 radical (unpaired) electrons. The second-order valence-corrected chi connectivity index (χ2v) is 7.30. The van der Waals surface area contributed by atoms with Crippen LogP contribution in [-0.4, -0.2) is 26.8 Å². The minimum absolute atomic E-state index is 0.0225. The van der Waals surface area contributed by atoms with Gasteiger partial charge in [-0.05, 0) is 25.0 Å². The lowest BCUT2D eigenvalue weighted by Gasteiger charge is -2.20. The highest BCUT2D eigenvalue weighted by Crippen LogP contribution is 2.34. The van der Waals surface area contributed by atoms with Gasteiger partial charge in [-0.3, -0.25) is 0 Å². The molecule has 0 saturated heterocycles. The average molecular weight is 419 g/mol. The molecule has 0 amide bonds. The Morgan fingerprint density at radius 1 is 1.41 bits per heavy atom. The van der Waals surface area contributed by atoms with Crippen LogP contribution in [0.1, 0.15) is 34.8 Å². The van der Waals surface area contributed by atoms with Crippen molar-refractivity contribution in [2.75, 3.05) is 0 Å². The fraction of sp³-hybridized carbons (Fsp3) is 0.333. The Labute approximate surface area is 162 Å². The van der Waals surface area contributed by atoms with Crippen LogP contribution in [0, 0.1) is 5.92 Å². The van der Waals surface area contributed by atoms with Gasteiger partial charge in [0.25, 0.3) is 0 Å². The lowest BCUT2D eigenvalue weighted by Crippen LogP contribution is -2.38. The third-order valence-corrected chi connectivity index (χ3v) is 5.45. The van der Waals surface area contributed by atoms with Crippen molar-refractivity contribution in [2.45, 2.75) is 25.9 Å². The molecule has 0 fully saturated rings. The number of hydrogen-bond acceptors (Lipinski definition) is 2. The van der Waals surface area contributed by atoms with Gasteiger partial charge in [-0.15, -0.1) is 0 Å². The summed E-state index contributed by atoms with van der Waals surface area (Å²) in [5, 5.41) is 10.4. The molecular weight excluding hydrogens is 404 g/mol. The summed E-state index contributed by atoms with van der Waals surface area (Å²) >= 11 is 12.3. The predicted octanol–water partition coefficient (Wildman–Crippen LogP) is 3.55. The van der Waals surface area contributed by atoms with Gasteiger partial charge in [-0.25, -0.2) is 9.78 Å². The largest absolute Gasteiger partial charge is 0.478 e. The van der Waals surface area contributed by atoms with E-state index in [-0.39, 0.29) is 28.6 Å². The summed E-state index contributed by atoms with van der Waals surface area (Å²) in [7, 11) is 1.67. The Bertz CT molecular complexity index is 1060. The number of hydrogen-bond donors (Lipinski definition) is 1. The van der Waals surface area contributed by atoms with Crippen molar-refractivity contribution < 1.29 is 23.1 Å². The predicted molar refractivity (Wildman–Crippen MR) is 96.4 cm³/mol. The third-order valence-electron chi connectivity index (χ3n) is 4.69. The minimum atomic E-state index is -4.31. The highest BCUT2D eigenvalue weighted by molar-refractivity contribution is 6.37. The molecule has 4 nitrogen and oxygen atoms in total. The second-order valence-electron chi connectivity index (χ2n) is 6.56. The fourth-order valence-electron chi connectivity index (χ4n) is 3.43. The number of aromatic nitrogens is 2. The number of halogens is 5. The summed E-state index contributed by atoms with van der Waals surface area (Å²) < 4.78 is 41.1. The maximum atomic E-state index is 13.2. The van der Waals surface area contributed by atoms with Gasteiger partial charge in [0.05, 0.1) is 16.5 Å². The number of alkyl halides is 3. The van der Waals surface area contributed by atoms with E-state index in [2.05, 4.69) is 4.98 Å². The molecule has 0 aliphatic heterocycles. The number of fused-ring (bicyclic) bond motifs is 1. The average Bonchev–Trinajstić information content (AvgIpc) is 2.87. The number of nitrogens with zero attached hydrogens (tertiary/aromatic N) is 2. The van der Waals surface area contributed by atoms with Crippen LogP contribution in [0.5, 0.6) is 0 Å². The Kier molecular flexibility index (Phi) is 5.03. The van der Waals surface area contributed by atoms with Gasteiger partial charge in [0.2, 0.25) is 0 Å². The van der Waals surface area contributed by atoms with Crippen molar-refractivity contribution in [3.63, 3.8) is 0 Å². The zero-order chi connectivity index (χ0) is 20.1. The Hall–Kier alpha value is -1.99. The fourth-order valence-corrected chi connectivity index (χ4v) is 3.97. The molecule has 9 heteroatoms. The van der Waals surface area contributed by atoms with E-state index in [4.69, 9.17) is 23.2 Å². The standard InChI is InChI=1S/C18H15Cl2F3N2O2/c1-8-3-10(18(21,22)23)5-13-14(8)9(7-25(13)2)4-11-15(19)12(17(26)27)6-24-16(11)20/h5-7,10H,3-4H2,1-2H3,(H,26,27). The number of aromatic carboxylic acids is 1. The molecule has 27 heavy (non-hydrogen) atoms. The quantitative estimate of drug-likeness (QED) is 0.775. The van der Waals surface area contributed by atoms with E-state index < -0.39 is 18.1 Å². The van der Waals surface area contributed by atoms with E-state index in [9.17, 15) is 23.1 Å². The van der Waals surface area contributed by atoms with Crippen molar-refractivity contribution in [3.8, 4) is 0 Å². The Balaban J connectivity index is 2.15. The molecule has 2 aromatic heterocycles. The molecule has 1 atom stereocenters. The van der Waals surface area contributed by atoms with Crippen LogP contribution in [0.25, 0.3) is 11.6 Å². The van der Waals surface area contributed by atoms with Crippen LogP contribution in [0.3, 0.4) is 0 Å². The van der Waals surface area contributed by atoms with E-state index in [1.54, 1.807) is 24.7 Å². The highest BCUT2D eigenvalue weighted by Gasteiger charge is 2.39. The molecule has 3 rings (SSSR count). The molecule has 1 aliphatic rings. The second kappa shape index (κ2) is 6.87. The van der Waals surface area contributed by atoms with Crippen LogP contribution in [0.4, 0.5) is 13.2 Å². The Morgan fingerprint density at radius 3 is 2.67 bits per heavy atom. The van der Waals surface area contributed by atoms with E-state index >= 15 is 0 Å². The molecule has 0 saturated carbocycles. The van der Waals surface area contributed by atoms with Crippen molar-refractivity contribution in [2.24, 2.45) is 13.0 Å². The van der Waals surface area contributed by atoms with Crippen molar-refractivity contribution in [1.82, 2.24) is 9.55 Å². The minimum Gasteiger partial charge on any atom is -0.478 e. The molecule has 0 spiro atoms. The maximum Gasteiger partial charge on any atom is 0.395 e. The summed E-state index contributed by atoms with van der Waals surface area (Å²) in [6.45, 7) is 1.67. The zero-order valence-electron chi connectivity index (χ0n) is 14.4.